The van der Waals surface area contributed by atoms with Gasteiger partial charge in [0.1, 0.15) is 0 Å². The first-order chi connectivity index (χ1) is 6.85. The molecule has 1 rings (SSSR count). The summed E-state index contributed by atoms with van der Waals surface area (Å²) in [5.74, 6) is 0. The summed E-state index contributed by atoms with van der Waals surface area (Å²) in [6.07, 6.45) is 2.35. The summed E-state index contributed by atoms with van der Waals surface area (Å²) >= 11 is 0. The van der Waals surface area contributed by atoms with Crippen LogP contribution in [0.25, 0.3) is 0 Å². The van der Waals surface area contributed by atoms with E-state index in [4.69, 9.17) is 0 Å². The molecule has 3 nitrogen and oxygen atoms in total. The minimum atomic E-state index is -0.00494. The van der Waals surface area contributed by atoms with Gasteiger partial charge in [0.25, 0.3) is 0 Å². The number of piperidine rings is 1. The third-order valence-electron chi connectivity index (χ3n) is 3.15. The monoisotopic (exact) mass is 214 g/mol. The molecule has 90 valence electrons. The van der Waals surface area contributed by atoms with E-state index in [2.05, 4.69) is 38.3 Å². The fourth-order valence-electron chi connectivity index (χ4n) is 2.03. The molecule has 0 saturated carbocycles. The highest BCUT2D eigenvalue weighted by atomic mass is 16.3. The van der Waals surface area contributed by atoms with E-state index in [1.165, 1.54) is 6.42 Å². The van der Waals surface area contributed by atoms with E-state index in [0.29, 0.717) is 6.04 Å². The smallest absolute Gasteiger partial charge is 0.0494 e. The van der Waals surface area contributed by atoms with Crippen molar-refractivity contribution >= 4 is 0 Å². The van der Waals surface area contributed by atoms with Crippen molar-refractivity contribution in [2.75, 3.05) is 19.7 Å². The van der Waals surface area contributed by atoms with E-state index in [0.717, 1.165) is 19.5 Å². The van der Waals surface area contributed by atoms with Crippen LogP contribution in [0.4, 0.5) is 0 Å². The molecule has 15 heavy (non-hydrogen) atoms. The van der Waals surface area contributed by atoms with E-state index in [1.807, 2.05) is 0 Å². The van der Waals surface area contributed by atoms with Gasteiger partial charge in [0.05, 0.1) is 0 Å². The standard InChI is InChI=1S/C12H26N2O/c1-11(2,9-15)8-13-10-5-6-14-12(3,4)7-10/h10,13-15H,5-9H2,1-4H3. The Bertz CT molecular complexity index is 202. The van der Waals surface area contributed by atoms with Crippen LogP contribution >= 0.6 is 0 Å². The van der Waals surface area contributed by atoms with Crippen molar-refractivity contribution in [3.05, 3.63) is 0 Å². The lowest BCUT2D eigenvalue weighted by atomic mass is 9.88. The van der Waals surface area contributed by atoms with Crippen LogP contribution in [-0.4, -0.2) is 36.4 Å². The highest BCUT2D eigenvalue weighted by molar-refractivity contribution is 4.90. The zero-order valence-corrected chi connectivity index (χ0v) is 10.6. The van der Waals surface area contributed by atoms with Crippen LogP contribution in [0.3, 0.4) is 0 Å². The minimum Gasteiger partial charge on any atom is -0.396 e. The van der Waals surface area contributed by atoms with E-state index in [-0.39, 0.29) is 17.6 Å². The molecule has 0 aromatic carbocycles. The third kappa shape index (κ3) is 4.49. The highest BCUT2D eigenvalue weighted by Gasteiger charge is 2.28. The molecule has 1 saturated heterocycles. The summed E-state index contributed by atoms with van der Waals surface area (Å²) in [7, 11) is 0. The molecule has 0 aromatic heterocycles. The SMILES string of the molecule is CC(C)(CO)CNC1CCNC(C)(C)C1. The number of nitrogens with one attached hydrogen (secondary N) is 2. The molecule has 1 unspecified atom stereocenters. The Morgan fingerprint density at radius 2 is 2.13 bits per heavy atom. The number of aliphatic hydroxyl groups excluding tert-OH is 1. The van der Waals surface area contributed by atoms with Gasteiger partial charge in [-0.2, -0.15) is 0 Å². The van der Waals surface area contributed by atoms with E-state index >= 15 is 0 Å². The van der Waals surface area contributed by atoms with Gasteiger partial charge >= 0.3 is 0 Å². The first-order valence-corrected chi connectivity index (χ1v) is 5.94. The lowest BCUT2D eigenvalue weighted by Gasteiger charge is -2.38. The summed E-state index contributed by atoms with van der Waals surface area (Å²) in [6.45, 7) is 10.9. The molecular formula is C12H26N2O. The summed E-state index contributed by atoms with van der Waals surface area (Å²) in [5, 5.41) is 16.3. The van der Waals surface area contributed by atoms with Gasteiger partial charge in [-0.3, -0.25) is 0 Å². The molecule has 1 heterocycles. The molecule has 0 bridgehead atoms. The summed E-state index contributed by atoms with van der Waals surface area (Å²) in [4.78, 5) is 0. The second-order valence-corrected chi connectivity index (χ2v) is 6.20. The summed E-state index contributed by atoms with van der Waals surface area (Å²) in [5.41, 5.74) is 0.244. The predicted octanol–water partition coefficient (Wildman–Crippen LogP) is 1.13. The maximum absolute atomic E-state index is 9.17. The summed E-state index contributed by atoms with van der Waals surface area (Å²) < 4.78 is 0. The Balaban J connectivity index is 2.33. The van der Waals surface area contributed by atoms with E-state index in [9.17, 15) is 5.11 Å². The van der Waals surface area contributed by atoms with Crippen LogP contribution in [0.5, 0.6) is 0 Å². The van der Waals surface area contributed by atoms with Crippen molar-refractivity contribution in [1.82, 2.24) is 10.6 Å². The van der Waals surface area contributed by atoms with Gasteiger partial charge in [0, 0.05) is 30.1 Å². The second kappa shape index (κ2) is 4.81. The fourth-order valence-corrected chi connectivity index (χ4v) is 2.03. The van der Waals surface area contributed by atoms with E-state index in [1.54, 1.807) is 0 Å². The van der Waals surface area contributed by atoms with Gasteiger partial charge in [-0.25, -0.2) is 0 Å². The van der Waals surface area contributed by atoms with Crippen molar-refractivity contribution in [2.45, 2.75) is 52.1 Å². The maximum atomic E-state index is 9.17. The number of aliphatic hydroxyl groups is 1. The first-order valence-electron chi connectivity index (χ1n) is 5.94. The molecule has 1 fully saturated rings. The average molecular weight is 214 g/mol. The Kier molecular flexibility index (Phi) is 4.15. The highest BCUT2D eigenvalue weighted by Crippen LogP contribution is 2.20. The Labute approximate surface area is 93.6 Å². The third-order valence-corrected chi connectivity index (χ3v) is 3.15. The van der Waals surface area contributed by atoms with Gasteiger partial charge in [0.15, 0.2) is 0 Å². The molecule has 1 aliphatic heterocycles. The van der Waals surface area contributed by atoms with Crippen LogP contribution < -0.4 is 10.6 Å². The molecule has 0 radical (unpaired) electrons. The molecular weight excluding hydrogens is 188 g/mol. The van der Waals surface area contributed by atoms with Crippen LogP contribution in [0.2, 0.25) is 0 Å². The van der Waals surface area contributed by atoms with Crippen molar-refractivity contribution in [2.24, 2.45) is 5.41 Å². The van der Waals surface area contributed by atoms with Crippen LogP contribution in [0.15, 0.2) is 0 Å². The quantitative estimate of drug-likeness (QED) is 0.657. The number of hydrogen-bond donors (Lipinski definition) is 3. The average Bonchev–Trinajstić information content (AvgIpc) is 2.14. The Hall–Kier alpha value is -0.120. The number of hydrogen-bond acceptors (Lipinski definition) is 3. The Morgan fingerprint density at radius 1 is 1.47 bits per heavy atom. The van der Waals surface area contributed by atoms with Gasteiger partial charge in [-0.15, -0.1) is 0 Å². The molecule has 1 aliphatic rings. The fraction of sp³-hybridized carbons (Fsp3) is 1.00. The first kappa shape index (κ1) is 12.9. The molecule has 0 amide bonds. The molecule has 0 spiro atoms. The largest absolute Gasteiger partial charge is 0.396 e. The van der Waals surface area contributed by atoms with Crippen molar-refractivity contribution in [3.8, 4) is 0 Å². The predicted molar refractivity (Wildman–Crippen MR) is 64.0 cm³/mol. The van der Waals surface area contributed by atoms with Crippen LogP contribution in [-0.2, 0) is 0 Å². The number of rotatable bonds is 4. The van der Waals surface area contributed by atoms with Gasteiger partial charge in [-0.05, 0) is 33.2 Å². The minimum absolute atomic E-state index is 0.00494. The second-order valence-electron chi connectivity index (χ2n) is 6.20. The molecule has 1 atom stereocenters. The molecule has 3 N–H and O–H groups in total. The molecule has 0 aromatic rings. The lowest BCUT2D eigenvalue weighted by Crippen LogP contribution is -2.53. The molecule has 0 aliphatic carbocycles. The normalized spacial score (nSPS) is 26.6. The van der Waals surface area contributed by atoms with E-state index < -0.39 is 0 Å². The topological polar surface area (TPSA) is 44.3 Å². The lowest BCUT2D eigenvalue weighted by molar-refractivity contribution is 0.144. The Morgan fingerprint density at radius 3 is 2.67 bits per heavy atom. The van der Waals surface area contributed by atoms with Crippen molar-refractivity contribution in [3.63, 3.8) is 0 Å². The van der Waals surface area contributed by atoms with Gasteiger partial charge in [0.2, 0.25) is 0 Å². The zero-order chi connectivity index (χ0) is 11.5. The van der Waals surface area contributed by atoms with Crippen molar-refractivity contribution < 1.29 is 5.11 Å². The maximum Gasteiger partial charge on any atom is 0.0494 e. The van der Waals surface area contributed by atoms with Gasteiger partial charge in [-0.1, -0.05) is 13.8 Å². The molecule has 3 heteroatoms. The van der Waals surface area contributed by atoms with Crippen LogP contribution in [0.1, 0.15) is 40.5 Å². The van der Waals surface area contributed by atoms with Gasteiger partial charge < -0.3 is 15.7 Å². The van der Waals surface area contributed by atoms with Crippen LogP contribution in [0, 0.1) is 5.41 Å². The summed E-state index contributed by atoms with van der Waals surface area (Å²) in [6, 6.07) is 0.590. The van der Waals surface area contributed by atoms with Crippen molar-refractivity contribution in [1.29, 1.82) is 0 Å². The zero-order valence-electron chi connectivity index (χ0n) is 10.6.